The molecule has 0 bridgehead atoms. The van der Waals surface area contributed by atoms with Gasteiger partial charge in [0.2, 0.25) is 0 Å². The number of aliphatic hydroxyl groups is 1. The zero-order valence-corrected chi connectivity index (χ0v) is 15.9. The van der Waals surface area contributed by atoms with Gasteiger partial charge in [0.25, 0.3) is 0 Å². The summed E-state index contributed by atoms with van der Waals surface area (Å²) in [6, 6.07) is 9.16. The van der Waals surface area contributed by atoms with Crippen LogP contribution in [0.1, 0.15) is 26.3 Å². The lowest BCUT2D eigenvalue weighted by Crippen LogP contribution is -2.62. The molecule has 2 rings (SSSR count). The van der Waals surface area contributed by atoms with Crippen LogP contribution in [-0.4, -0.2) is 60.3 Å². The van der Waals surface area contributed by atoms with Crippen LogP contribution in [-0.2, 0) is 44.7 Å². The summed E-state index contributed by atoms with van der Waals surface area (Å²) in [4.78, 5) is 34.2. The number of benzene rings is 1. The van der Waals surface area contributed by atoms with Crippen LogP contribution < -0.4 is 0 Å². The fraction of sp³-hybridized carbons (Fsp3) is 0.526. The SMILES string of the molecule is CC(=O)OC[C@H]1OC(O)[C@@H](OC(C)=O)[C@H](OCc2ccccc2)[C@@H]1OC(C)=O. The lowest BCUT2D eigenvalue weighted by atomic mass is 9.98. The van der Waals surface area contributed by atoms with Gasteiger partial charge in [-0.1, -0.05) is 30.3 Å². The molecule has 0 radical (unpaired) electrons. The number of carbonyl (C=O) groups excluding carboxylic acids is 3. The van der Waals surface area contributed by atoms with Gasteiger partial charge in [0.1, 0.15) is 18.8 Å². The van der Waals surface area contributed by atoms with E-state index in [4.69, 9.17) is 23.7 Å². The van der Waals surface area contributed by atoms with Crippen LogP contribution in [0.2, 0.25) is 0 Å². The minimum Gasteiger partial charge on any atom is -0.463 e. The Morgan fingerprint density at radius 3 is 2.11 bits per heavy atom. The van der Waals surface area contributed by atoms with Crippen LogP contribution in [0, 0.1) is 0 Å². The maximum Gasteiger partial charge on any atom is 0.303 e. The van der Waals surface area contributed by atoms with Crippen molar-refractivity contribution in [2.24, 2.45) is 0 Å². The molecule has 1 N–H and O–H groups in total. The lowest BCUT2D eigenvalue weighted by Gasteiger charge is -2.43. The van der Waals surface area contributed by atoms with Gasteiger partial charge in [-0.15, -0.1) is 0 Å². The first kappa shape index (κ1) is 21.8. The molecule has 9 nitrogen and oxygen atoms in total. The van der Waals surface area contributed by atoms with Crippen LogP contribution in [0.15, 0.2) is 30.3 Å². The van der Waals surface area contributed by atoms with Gasteiger partial charge in [-0.25, -0.2) is 0 Å². The molecule has 0 aromatic heterocycles. The molecule has 5 atom stereocenters. The van der Waals surface area contributed by atoms with Gasteiger partial charge in [-0.05, 0) is 5.56 Å². The summed E-state index contributed by atoms with van der Waals surface area (Å²) in [5.74, 6) is -1.86. The molecule has 1 fully saturated rings. The summed E-state index contributed by atoms with van der Waals surface area (Å²) >= 11 is 0. The third-order valence-electron chi connectivity index (χ3n) is 3.95. The molecule has 1 aromatic carbocycles. The quantitative estimate of drug-likeness (QED) is 0.525. The minimum atomic E-state index is -1.56. The topological polar surface area (TPSA) is 118 Å². The number of aliphatic hydroxyl groups excluding tert-OH is 1. The van der Waals surface area contributed by atoms with Gasteiger partial charge in [0, 0.05) is 20.8 Å². The van der Waals surface area contributed by atoms with Crippen LogP contribution in [0.5, 0.6) is 0 Å². The Hall–Kier alpha value is -2.49. The highest BCUT2D eigenvalue weighted by Gasteiger charge is 2.50. The monoisotopic (exact) mass is 396 g/mol. The van der Waals surface area contributed by atoms with Gasteiger partial charge in [0.05, 0.1) is 6.61 Å². The van der Waals surface area contributed by atoms with Crippen molar-refractivity contribution in [1.82, 2.24) is 0 Å². The molecule has 0 spiro atoms. The van der Waals surface area contributed by atoms with E-state index in [-0.39, 0.29) is 13.2 Å². The van der Waals surface area contributed by atoms with E-state index in [9.17, 15) is 19.5 Å². The summed E-state index contributed by atoms with van der Waals surface area (Å²) in [6.45, 7) is 3.41. The molecule has 9 heteroatoms. The Labute approximate surface area is 162 Å². The molecule has 1 unspecified atom stereocenters. The lowest BCUT2D eigenvalue weighted by molar-refractivity contribution is -0.302. The standard InChI is InChI=1S/C19H24O9/c1-11(20)24-10-15-16(26-12(2)21)17(18(19(23)28-15)27-13(3)22)25-9-14-7-5-4-6-8-14/h4-8,15-19,23H,9-10H2,1-3H3/t15-,16-,17-,18+,19?/m1/s1. The van der Waals surface area contributed by atoms with Crippen molar-refractivity contribution in [3.05, 3.63) is 35.9 Å². The van der Waals surface area contributed by atoms with Crippen molar-refractivity contribution in [3.63, 3.8) is 0 Å². The fourth-order valence-electron chi connectivity index (χ4n) is 2.84. The number of rotatable bonds is 7. The smallest absolute Gasteiger partial charge is 0.303 e. The highest BCUT2D eigenvalue weighted by Crippen LogP contribution is 2.28. The van der Waals surface area contributed by atoms with Crippen LogP contribution in [0.25, 0.3) is 0 Å². The first-order chi connectivity index (χ1) is 13.3. The molecule has 154 valence electrons. The second kappa shape index (κ2) is 10.2. The normalized spacial score (nSPS) is 26.9. The Morgan fingerprint density at radius 2 is 1.54 bits per heavy atom. The zero-order chi connectivity index (χ0) is 20.7. The van der Waals surface area contributed by atoms with E-state index in [0.29, 0.717) is 0 Å². The van der Waals surface area contributed by atoms with Crippen molar-refractivity contribution in [3.8, 4) is 0 Å². The average Bonchev–Trinajstić information content (AvgIpc) is 2.62. The van der Waals surface area contributed by atoms with Crippen molar-refractivity contribution >= 4 is 17.9 Å². The molecule has 0 amide bonds. The van der Waals surface area contributed by atoms with Crippen molar-refractivity contribution in [2.75, 3.05) is 6.61 Å². The molecular weight excluding hydrogens is 372 g/mol. The van der Waals surface area contributed by atoms with Gasteiger partial charge >= 0.3 is 17.9 Å². The maximum atomic E-state index is 11.6. The third-order valence-corrected chi connectivity index (χ3v) is 3.95. The second-order valence-electron chi connectivity index (χ2n) is 6.28. The first-order valence-corrected chi connectivity index (χ1v) is 8.74. The molecule has 0 aliphatic carbocycles. The van der Waals surface area contributed by atoms with Crippen molar-refractivity contribution < 1.29 is 43.2 Å². The number of carbonyl (C=O) groups is 3. The Balaban J connectivity index is 2.26. The van der Waals surface area contributed by atoms with Crippen LogP contribution in [0.3, 0.4) is 0 Å². The molecule has 1 aliphatic rings. The molecule has 28 heavy (non-hydrogen) atoms. The maximum absolute atomic E-state index is 11.6. The Bertz CT molecular complexity index is 675. The second-order valence-corrected chi connectivity index (χ2v) is 6.28. The Morgan fingerprint density at radius 1 is 0.929 bits per heavy atom. The summed E-state index contributed by atoms with van der Waals surface area (Å²) in [5.41, 5.74) is 0.822. The van der Waals surface area contributed by atoms with Crippen molar-refractivity contribution in [2.45, 2.75) is 58.1 Å². The summed E-state index contributed by atoms with van der Waals surface area (Å²) < 4.78 is 26.7. The number of esters is 3. The van der Waals surface area contributed by atoms with Gasteiger partial charge < -0.3 is 28.8 Å². The van der Waals surface area contributed by atoms with Crippen LogP contribution in [0.4, 0.5) is 0 Å². The summed E-state index contributed by atoms with van der Waals surface area (Å²) in [5, 5.41) is 10.3. The van der Waals surface area contributed by atoms with E-state index < -0.39 is 48.6 Å². The van der Waals surface area contributed by atoms with E-state index in [0.717, 1.165) is 5.56 Å². The van der Waals surface area contributed by atoms with E-state index >= 15 is 0 Å². The molecule has 0 saturated carbocycles. The molecule has 1 heterocycles. The molecule has 1 aliphatic heterocycles. The van der Waals surface area contributed by atoms with E-state index in [1.807, 2.05) is 30.3 Å². The number of ether oxygens (including phenoxy) is 5. The van der Waals surface area contributed by atoms with Gasteiger partial charge in [0.15, 0.2) is 18.5 Å². The van der Waals surface area contributed by atoms with Gasteiger partial charge in [-0.3, -0.25) is 14.4 Å². The number of hydrogen-bond donors (Lipinski definition) is 1. The van der Waals surface area contributed by atoms with Crippen molar-refractivity contribution in [1.29, 1.82) is 0 Å². The summed E-state index contributed by atoms with van der Waals surface area (Å²) in [7, 11) is 0. The Kier molecular flexibility index (Phi) is 7.91. The molecule has 1 aromatic rings. The first-order valence-electron chi connectivity index (χ1n) is 8.74. The summed E-state index contributed by atoms with van der Waals surface area (Å²) in [6.07, 6.45) is -5.92. The fourth-order valence-corrected chi connectivity index (χ4v) is 2.84. The van der Waals surface area contributed by atoms with E-state index in [2.05, 4.69) is 0 Å². The number of hydrogen-bond acceptors (Lipinski definition) is 9. The van der Waals surface area contributed by atoms with Gasteiger partial charge in [-0.2, -0.15) is 0 Å². The van der Waals surface area contributed by atoms with E-state index in [1.165, 1.54) is 20.8 Å². The predicted octanol–water partition coefficient (Wildman–Crippen LogP) is 0.715. The zero-order valence-electron chi connectivity index (χ0n) is 15.9. The highest BCUT2D eigenvalue weighted by molar-refractivity contribution is 5.67. The third kappa shape index (κ3) is 6.29. The highest BCUT2D eigenvalue weighted by atomic mass is 16.7. The minimum absolute atomic E-state index is 0.105. The van der Waals surface area contributed by atoms with Crippen LogP contribution >= 0.6 is 0 Å². The average molecular weight is 396 g/mol. The molecule has 1 saturated heterocycles. The predicted molar refractivity (Wildman–Crippen MR) is 93.6 cm³/mol. The largest absolute Gasteiger partial charge is 0.463 e. The van der Waals surface area contributed by atoms with E-state index in [1.54, 1.807) is 0 Å². The molecular formula is C19H24O9.